The topological polar surface area (TPSA) is 80.9 Å². The van der Waals surface area contributed by atoms with Gasteiger partial charge in [0.25, 0.3) is 0 Å². The average Bonchev–Trinajstić information content (AvgIpc) is 3.06. The Hall–Kier alpha value is -2.87. The molecule has 2 aliphatic rings. The molecular formula is C17H15ClFN3O4. The van der Waals surface area contributed by atoms with Crippen LogP contribution >= 0.6 is 11.6 Å². The molecule has 2 aromatic rings. The first-order chi connectivity index (χ1) is 12.6. The van der Waals surface area contributed by atoms with E-state index >= 15 is 0 Å². The summed E-state index contributed by atoms with van der Waals surface area (Å²) in [5.74, 6) is -0.287. The number of hydrogen-bond donors (Lipinski definition) is 3. The van der Waals surface area contributed by atoms with Crippen molar-refractivity contribution in [3.63, 3.8) is 0 Å². The van der Waals surface area contributed by atoms with Gasteiger partial charge < -0.3 is 30.2 Å². The highest BCUT2D eigenvalue weighted by molar-refractivity contribution is 6.33. The Kier molecular flexibility index (Phi) is 4.12. The Morgan fingerprint density at radius 1 is 1.31 bits per heavy atom. The van der Waals surface area contributed by atoms with Gasteiger partial charge in [0.2, 0.25) is 0 Å². The summed E-state index contributed by atoms with van der Waals surface area (Å²) in [6.07, 6.45) is -0.568. The van der Waals surface area contributed by atoms with Crippen molar-refractivity contribution in [3.05, 3.63) is 40.7 Å². The maximum Gasteiger partial charge on any atom is 0.341 e. The molecule has 136 valence electrons. The highest BCUT2D eigenvalue weighted by Crippen LogP contribution is 2.48. The lowest BCUT2D eigenvalue weighted by atomic mass is 10.1. The number of halogens is 2. The lowest BCUT2D eigenvalue weighted by molar-refractivity contribution is 0.0590. The minimum absolute atomic E-state index is 0.159. The third-order valence-electron chi connectivity index (χ3n) is 4.06. The van der Waals surface area contributed by atoms with E-state index in [9.17, 15) is 9.18 Å². The van der Waals surface area contributed by atoms with E-state index in [2.05, 4.69) is 16.0 Å². The fourth-order valence-corrected chi connectivity index (χ4v) is 3.13. The molecule has 9 heteroatoms. The molecule has 7 nitrogen and oxygen atoms in total. The number of fused-ring (bicyclic) bond motifs is 3. The van der Waals surface area contributed by atoms with Gasteiger partial charge in [-0.05, 0) is 18.2 Å². The summed E-state index contributed by atoms with van der Waals surface area (Å²) in [4.78, 5) is 12.1. The molecule has 1 unspecified atom stereocenters. The second-order valence-electron chi connectivity index (χ2n) is 5.66. The SMILES string of the molecule is COC(=O)c1cc2c(c3c1OCCO3)NC(Nc1c(F)cccc1Cl)N2. The van der Waals surface area contributed by atoms with Crippen LogP contribution in [0.4, 0.5) is 21.5 Å². The smallest absolute Gasteiger partial charge is 0.341 e. The average molecular weight is 380 g/mol. The van der Waals surface area contributed by atoms with Crippen LogP contribution in [0.5, 0.6) is 11.5 Å². The predicted molar refractivity (Wildman–Crippen MR) is 94.8 cm³/mol. The molecule has 4 rings (SSSR count). The first-order valence-electron chi connectivity index (χ1n) is 7.87. The summed E-state index contributed by atoms with van der Waals surface area (Å²) in [5, 5.41) is 9.46. The largest absolute Gasteiger partial charge is 0.485 e. The van der Waals surface area contributed by atoms with E-state index in [1.165, 1.54) is 19.2 Å². The van der Waals surface area contributed by atoms with E-state index in [0.29, 0.717) is 36.1 Å². The Morgan fingerprint density at radius 3 is 2.81 bits per heavy atom. The van der Waals surface area contributed by atoms with Gasteiger partial charge in [0.05, 0.1) is 23.5 Å². The van der Waals surface area contributed by atoms with Crippen molar-refractivity contribution in [1.82, 2.24) is 0 Å². The van der Waals surface area contributed by atoms with Gasteiger partial charge in [-0.2, -0.15) is 0 Å². The third kappa shape index (κ3) is 2.72. The molecule has 0 amide bonds. The van der Waals surface area contributed by atoms with Crippen molar-refractivity contribution in [2.45, 2.75) is 6.29 Å². The van der Waals surface area contributed by atoms with Gasteiger partial charge in [-0.25, -0.2) is 9.18 Å². The molecule has 2 aromatic carbocycles. The molecule has 0 radical (unpaired) electrons. The molecular weight excluding hydrogens is 365 g/mol. The Bertz CT molecular complexity index is 873. The molecule has 3 N–H and O–H groups in total. The number of carbonyl (C=O) groups excluding carboxylic acids is 1. The van der Waals surface area contributed by atoms with Crippen LogP contribution in [0.15, 0.2) is 24.3 Å². The number of anilines is 3. The molecule has 0 aromatic heterocycles. The molecule has 0 spiro atoms. The first-order valence-corrected chi connectivity index (χ1v) is 8.25. The van der Waals surface area contributed by atoms with Crippen molar-refractivity contribution in [3.8, 4) is 11.5 Å². The molecule has 2 heterocycles. The van der Waals surface area contributed by atoms with E-state index in [-0.39, 0.29) is 16.3 Å². The third-order valence-corrected chi connectivity index (χ3v) is 4.37. The highest BCUT2D eigenvalue weighted by Gasteiger charge is 2.32. The molecule has 0 bridgehead atoms. The summed E-state index contributed by atoms with van der Waals surface area (Å²) in [5.41, 5.74) is 1.61. The quantitative estimate of drug-likeness (QED) is 0.706. The summed E-state index contributed by atoms with van der Waals surface area (Å²) in [6.45, 7) is 0.679. The van der Waals surface area contributed by atoms with E-state index in [0.717, 1.165) is 0 Å². The van der Waals surface area contributed by atoms with Gasteiger partial charge in [-0.15, -0.1) is 0 Å². The van der Waals surface area contributed by atoms with Crippen molar-refractivity contribution in [2.24, 2.45) is 0 Å². The molecule has 1 atom stereocenters. The van der Waals surface area contributed by atoms with Gasteiger partial charge in [0.15, 0.2) is 17.8 Å². The van der Waals surface area contributed by atoms with E-state index in [1.807, 2.05) is 0 Å². The Labute approximate surface area is 153 Å². The van der Waals surface area contributed by atoms with Gasteiger partial charge in [-0.1, -0.05) is 17.7 Å². The fraction of sp³-hybridized carbons (Fsp3) is 0.235. The standard InChI is InChI=1S/C17H15ClFN3O4/c1-24-16(23)8-7-11-13(15-14(8)25-5-6-26-15)22-17(20-11)21-12-9(18)3-2-4-10(12)19/h2-4,7,17,20-22H,5-6H2,1H3. The molecule has 2 aliphatic heterocycles. The second-order valence-corrected chi connectivity index (χ2v) is 6.06. The number of methoxy groups -OCH3 is 1. The van der Waals surface area contributed by atoms with Crippen molar-refractivity contribution >= 4 is 34.6 Å². The van der Waals surface area contributed by atoms with Crippen molar-refractivity contribution < 1.29 is 23.4 Å². The lowest BCUT2D eigenvalue weighted by Gasteiger charge is -2.22. The number of nitrogens with one attached hydrogen (secondary N) is 3. The normalized spacial score (nSPS) is 17.0. The number of para-hydroxylation sites is 1. The maximum atomic E-state index is 14.0. The van der Waals surface area contributed by atoms with Gasteiger partial charge in [-0.3, -0.25) is 0 Å². The number of ether oxygens (including phenoxy) is 3. The number of benzene rings is 2. The zero-order valence-corrected chi connectivity index (χ0v) is 14.4. The highest BCUT2D eigenvalue weighted by atomic mass is 35.5. The van der Waals surface area contributed by atoms with Gasteiger partial charge >= 0.3 is 5.97 Å². The van der Waals surface area contributed by atoms with E-state index in [4.69, 9.17) is 25.8 Å². The monoisotopic (exact) mass is 379 g/mol. The van der Waals surface area contributed by atoms with Crippen molar-refractivity contribution in [1.29, 1.82) is 0 Å². The number of rotatable bonds is 3. The second kappa shape index (κ2) is 6.45. The molecule has 0 saturated carbocycles. The van der Waals surface area contributed by atoms with Crippen LogP contribution in [0.2, 0.25) is 5.02 Å². The molecule has 26 heavy (non-hydrogen) atoms. The van der Waals surface area contributed by atoms with Crippen LogP contribution in [-0.4, -0.2) is 32.6 Å². The van der Waals surface area contributed by atoms with Crippen LogP contribution in [0.3, 0.4) is 0 Å². The summed E-state index contributed by atoms with van der Waals surface area (Å²) in [6, 6.07) is 6.03. The van der Waals surface area contributed by atoms with Crippen LogP contribution in [0.1, 0.15) is 10.4 Å². The zero-order chi connectivity index (χ0) is 18.3. The van der Waals surface area contributed by atoms with Crippen LogP contribution in [0.25, 0.3) is 0 Å². The van der Waals surface area contributed by atoms with Crippen LogP contribution < -0.4 is 25.4 Å². The number of esters is 1. The van der Waals surface area contributed by atoms with Gasteiger partial charge in [0, 0.05) is 0 Å². The zero-order valence-electron chi connectivity index (χ0n) is 13.7. The Morgan fingerprint density at radius 2 is 2.08 bits per heavy atom. The number of hydrogen-bond acceptors (Lipinski definition) is 7. The van der Waals surface area contributed by atoms with Crippen LogP contribution in [0, 0.1) is 5.82 Å². The predicted octanol–water partition coefficient (Wildman–Crippen LogP) is 3.27. The fourth-order valence-electron chi connectivity index (χ4n) is 2.92. The maximum absolute atomic E-state index is 14.0. The van der Waals surface area contributed by atoms with E-state index in [1.54, 1.807) is 12.1 Å². The first kappa shape index (κ1) is 16.6. The van der Waals surface area contributed by atoms with Crippen molar-refractivity contribution in [2.75, 3.05) is 36.3 Å². The summed E-state index contributed by atoms with van der Waals surface area (Å²) < 4.78 is 30.1. The molecule has 0 aliphatic carbocycles. The minimum atomic E-state index is -0.568. The minimum Gasteiger partial charge on any atom is -0.485 e. The van der Waals surface area contributed by atoms with Gasteiger partial charge in [0.1, 0.15) is 30.3 Å². The molecule has 0 fully saturated rings. The van der Waals surface area contributed by atoms with E-state index < -0.39 is 18.1 Å². The summed E-state index contributed by atoms with van der Waals surface area (Å²) in [7, 11) is 1.29. The summed E-state index contributed by atoms with van der Waals surface area (Å²) >= 11 is 6.06. The number of carbonyl (C=O) groups is 1. The Balaban J connectivity index is 1.68. The lowest BCUT2D eigenvalue weighted by Crippen LogP contribution is -2.32. The van der Waals surface area contributed by atoms with Crippen LogP contribution in [-0.2, 0) is 4.74 Å². The molecule has 0 saturated heterocycles.